The predicted molar refractivity (Wildman–Crippen MR) is 107 cm³/mol. The third-order valence-electron chi connectivity index (χ3n) is 3.88. The molecule has 3 rings (SSSR count). The maximum absolute atomic E-state index is 12.6. The summed E-state index contributed by atoms with van der Waals surface area (Å²) in [6.07, 6.45) is 0. The molecule has 0 radical (unpaired) electrons. The summed E-state index contributed by atoms with van der Waals surface area (Å²) in [7, 11) is 2.81. The number of urea groups is 1. The minimum absolute atomic E-state index is 0.195. The monoisotopic (exact) mass is 402 g/mol. The number of anilines is 2. The summed E-state index contributed by atoms with van der Waals surface area (Å²) in [6, 6.07) is 9.70. The molecule has 9 heteroatoms. The van der Waals surface area contributed by atoms with Gasteiger partial charge in [-0.1, -0.05) is 6.07 Å². The van der Waals surface area contributed by atoms with Crippen molar-refractivity contribution in [3.05, 3.63) is 52.4 Å². The van der Waals surface area contributed by atoms with Crippen molar-refractivity contribution >= 4 is 44.3 Å². The lowest BCUT2D eigenvalue weighted by atomic mass is 10.3. The van der Waals surface area contributed by atoms with Gasteiger partial charge in [0.1, 0.15) is 16.3 Å². The minimum Gasteiger partial charge on any atom is -0.494 e. The number of carbonyl (C=O) groups excluding carboxylic acids is 2. The summed E-state index contributed by atoms with van der Waals surface area (Å²) < 4.78 is 15.7. The van der Waals surface area contributed by atoms with Crippen LogP contribution in [0.1, 0.15) is 17.3 Å². The maximum atomic E-state index is 12.6. The van der Waals surface area contributed by atoms with Crippen LogP contribution in [0.3, 0.4) is 0 Å². The zero-order valence-electron chi connectivity index (χ0n) is 15.5. The van der Waals surface area contributed by atoms with Gasteiger partial charge in [0.05, 0.1) is 18.4 Å². The van der Waals surface area contributed by atoms with Crippen molar-refractivity contribution in [2.45, 2.75) is 6.92 Å². The number of methoxy groups -OCH3 is 1. The highest BCUT2D eigenvalue weighted by Crippen LogP contribution is 2.30. The van der Waals surface area contributed by atoms with Crippen molar-refractivity contribution in [2.75, 3.05) is 31.0 Å². The first kappa shape index (κ1) is 19.4. The number of esters is 1. The van der Waals surface area contributed by atoms with Crippen LogP contribution in [0.4, 0.5) is 15.5 Å². The van der Waals surface area contributed by atoms with Crippen LogP contribution >= 0.6 is 11.3 Å². The number of nitrogens with one attached hydrogen (secondary N) is 1. The van der Waals surface area contributed by atoms with E-state index in [1.165, 1.54) is 35.5 Å². The summed E-state index contributed by atoms with van der Waals surface area (Å²) in [6.45, 7) is 2.41. The van der Waals surface area contributed by atoms with E-state index in [2.05, 4.69) is 10.1 Å². The van der Waals surface area contributed by atoms with Gasteiger partial charge in [-0.05, 0) is 25.1 Å². The molecule has 0 saturated carbocycles. The number of nitrogens with zero attached hydrogens (tertiary/aromatic N) is 1. The third kappa shape index (κ3) is 3.99. The molecule has 8 nitrogen and oxygen atoms in total. The molecule has 0 saturated heterocycles. The van der Waals surface area contributed by atoms with E-state index in [1.807, 2.05) is 13.0 Å². The molecule has 2 aromatic heterocycles. The summed E-state index contributed by atoms with van der Waals surface area (Å²) in [4.78, 5) is 37.5. The molecule has 2 amide bonds. The quantitative estimate of drug-likeness (QED) is 0.654. The molecule has 0 atom stereocenters. The Bertz CT molecular complexity index is 1090. The van der Waals surface area contributed by atoms with Gasteiger partial charge in [-0.2, -0.15) is 0 Å². The first-order valence-corrected chi connectivity index (χ1v) is 9.18. The number of ether oxygens (including phenoxy) is 2. The van der Waals surface area contributed by atoms with E-state index in [9.17, 15) is 14.4 Å². The number of thiophene rings is 1. The van der Waals surface area contributed by atoms with Crippen LogP contribution in [0.25, 0.3) is 10.3 Å². The van der Waals surface area contributed by atoms with Gasteiger partial charge in [0.2, 0.25) is 0 Å². The highest BCUT2D eigenvalue weighted by atomic mass is 32.1. The number of amides is 2. The minimum atomic E-state index is -0.792. The van der Waals surface area contributed by atoms with E-state index in [4.69, 9.17) is 9.15 Å². The Morgan fingerprint density at radius 2 is 2.04 bits per heavy atom. The van der Waals surface area contributed by atoms with Gasteiger partial charge in [-0.3, -0.25) is 10.2 Å². The van der Waals surface area contributed by atoms with E-state index < -0.39 is 11.6 Å². The molecule has 3 aromatic rings. The van der Waals surface area contributed by atoms with E-state index in [1.54, 1.807) is 25.2 Å². The van der Waals surface area contributed by atoms with Gasteiger partial charge in [0.15, 0.2) is 5.58 Å². The van der Waals surface area contributed by atoms with Crippen molar-refractivity contribution in [3.63, 3.8) is 0 Å². The van der Waals surface area contributed by atoms with E-state index >= 15 is 0 Å². The Kier molecular flexibility index (Phi) is 5.65. The van der Waals surface area contributed by atoms with Crippen LogP contribution in [0.15, 0.2) is 45.6 Å². The van der Waals surface area contributed by atoms with Crippen LogP contribution < -0.4 is 20.6 Å². The molecule has 0 aliphatic heterocycles. The summed E-state index contributed by atoms with van der Waals surface area (Å²) in [5.74, 6) is -0.109. The molecule has 28 heavy (non-hydrogen) atoms. The van der Waals surface area contributed by atoms with Crippen molar-refractivity contribution in [1.82, 2.24) is 0 Å². The summed E-state index contributed by atoms with van der Waals surface area (Å²) in [5.41, 5.74) is -0.0533. The Morgan fingerprint density at radius 3 is 2.75 bits per heavy atom. The van der Waals surface area contributed by atoms with Gasteiger partial charge >= 0.3 is 17.6 Å². The standard InChI is InChI=1S/C19H18N2O6S/c1-4-26-12-7-5-6-11(8-12)21(2)19(24)20-16-10-14-15(28-16)9-13(17(22)25-3)18(23)27-14/h5-10H,4H2,1-3H3,(H,20,24). The Morgan fingerprint density at radius 1 is 1.25 bits per heavy atom. The second-order valence-corrected chi connectivity index (χ2v) is 6.78. The van der Waals surface area contributed by atoms with Crippen molar-refractivity contribution in [3.8, 4) is 5.75 Å². The number of benzene rings is 1. The lowest BCUT2D eigenvalue weighted by Gasteiger charge is -2.18. The molecule has 2 heterocycles. The average Bonchev–Trinajstić information content (AvgIpc) is 3.07. The topological polar surface area (TPSA) is 98.1 Å². The molecule has 0 aliphatic rings. The molecular formula is C19H18N2O6S. The highest BCUT2D eigenvalue weighted by Gasteiger charge is 2.18. The molecule has 0 aliphatic carbocycles. The SMILES string of the molecule is CCOc1cccc(N(C)C(=O)Nc2cc3oc(=O)c(C(=O)OC)cc3s2)c1. The number of carbonyl (C=O) groups is 2. The van der Waals surface area contributed by atoms with Crippen molar-refractivity contribution < 1.29 is 23.5 Å². The second kappa shape index (κ2) is 8.13. The zero-order valence-corrected chi connectivity index (χ0v) is 16.3. The Labute approximate surface area is 164 Å². The predicted octanol–water partition coefficient (Wildman–Crippen LogP) is 3.71. The number of rotatable bonds is 5. The molecule has 0 bridgehead atoms. The fraction of sp³-hybridized carbons (Fsp3) is 0.211. The molecule has 1 aromatic carbocycles. The Hall–Kier alpha value is -3.33. The molecule has 1 N–H and O–H groups in total. The number of hydrogen-bond acceptors (Lipinski definition) is 7. The smallest absolute Gasteiger partial charge is 0.351 e. The first-order valence-electron chi connectivity index (χ1n) is 8.36. The maximum Gasteiger partial charge on any atom is 0.351 e. The first-order chi connectivity index (χ1) is 13.4. The molecular weight excluding hydrogens is 384 g/mol. The van der Waals surface area contributed by atoms with Gasteiger partial charge < -0.3 is 13.9 Å². The van der Waals surface area contributed by atoms with Crippen LogP contribution in [-0.4, -0.2) is 32.8 Å². The average molecular weight is 402 g/mol. The van der Waals surface area contributed by atoms with Crippen molar-refractivity contribution in [2.24, 2.45) is 0 Å². The van der Waals surface area contributed by atoms with Gasteiger partial charge in [-0.15, -0.1) is 11.3 Å². The Balaban J connectivity index is 1.81. The zero-order chi connectivity index (χ0) is 20.3. The third-order valence-corrected chi connectivity index (χ3v) is 4.86. The molecule has 146 valence electrons. The summed E-state index contributed by atoms with van der Waals surface area (Å²) in [5, 5.41) is 3.22. The molecule has 0 unspecified atom stereocenters. The van der Waals surface area contributed by atoms with Crippen LogP contribution in [0.5, 0.6) is 5.75 Å². The lowest BCUT2D eigenvalue weighted by Crippen LogP contribution is -2.30. The number of fused-ring (bicyclic) bond motifs is 1. The van der Waals surface area contributed by atoms with E-state index in [0.717, 1.165) is 0 Å². The summed E-state index contributed by atoms with van der Waals surface area (Å²) >= 11 is 1.18. The fourth-order valence-corrected chi connectivity index (χ4v) is 3.40. The number of hydrogen-bond donors (Lipinski definition) is 1. The molecule has 0 spiro atoms. The van der Waals surface area contributed by atoms with Gasteiger partial charge in [-0.25, -0.2) is 14.4 Å². The lowest BCUT2D eigenvalue weighted by molar-refractivity contribution is 0.0596. The van der Waals surface area contributed by atoms with Gasteiger partial charge in [0.25, 0.3) is 0 Å². The van der Waals surface area contributed by atoms with Crippen LogP contribution in [0.2, 0.25) is 0 Å². The van der Waals surface area contributed by atoms with E-state index in [-0.39, 0.29) is 17.2 Å². The van der Waals surface area contributed by atoms with Crippen LogP contribution in [-0.2, 0) is 4.74 Å². The second-order valence-electron chi connectivity index (χ2n) is 5.70. The van der Waals surface area contributed by atoms with E-state index in [0.29, 0.717) is 27.7 Å². The normalized spacial score (nSPS) is 10.5. The highest BCUT2D eigenvalue weighted by molar-refractivity contribution is 7.22. The largest absolute Gasteiger partial charge is 0.494 e. The van der Waals surface area contributed by atoms with Gasteiger partial charge in [0, 0.05) is 24.9 Å². The molecule has 0 fully saturated rings. The fourth-order valence-electron chi connectivity index (χ4n) is 2.48. The van der Waals surface area contributed by atoms with Crippen LogP contribution in [0, 0.1) is 0 Å². The van der Waals surface area contributed by atoms with Crippen molar-refractivity contribution in [1.29, 1.82) is 0 Å².